The van der Waals surface area contributed by atoms with E-state index in [1.54, 1.807) is 6.07 Å². The van der Waals surface area contributed by atoms with Crippen molar-refractivity contribution in [2.75, 3.05) is 7.11 Å². The molecule has 0 radical (unpaired) electrons. The van der Waals surface area contributed by atoms with Crippen LogP contribution in [-0.4, -0.2) is 32.6 Å². The molecule has 1 aromatic carbocycles. The number of ether oxygens (including phenoxy) is 1. The van der Waals surface area contributed by atoms with Gasteiger partial charge in [-0.1, -0.05) is 29.3 Å². The number of methoxy groups -OCH3 is 1. The fourth-order valence-electron chi connectivity index (χ4n) is 1.91. The molecule has 2 N–H and O–H groups in total. The summed E-state index contributed by atoms with van der Waals surface area (Å²) in [5, 5.41) is 8.86. The predicted octanol–water partition coefficient (Wildman–Crippen LogP) is 2.38. The first kappa shape index (κ1) is 17.9. The first-order valence-electron chi connectivity index (χ1n) is 6.37. The number of rotatable bonds is 8. The molecule has 0 heterocycles. The van der Waals surface area contributed by atoms with Gasteiger partial charge in [-0.15, -0.1) is 0 Å². The molecule has 0 aliphatic carbocycles. The zero-order valence-electron chi connectivity index (χ0n) is 11.8. The maximum Gasteiger partial charge on any atom is 0.304 e. The van der Waals surface area contributed by atoms with Gasteiger partial charge in [0.15, 0.2) is 0 Å². The fourth-order valence-corrected chi connectivity index (χ4v) is 3.88. The fraction of sp³-hybridized carbons (Fsp3) is 0.462. The molecule has 0 aliphatic heterocycles. The van der Waals surface area contributed by atoms with E-state index < -0.39 is 22.0 Å². The van der Waals surface area contributed by atoms with E-state index in [0.717, 1.165) is 0 Å². The van der Waals surface area contributed by atoms with Crippen molar-refractivity contribution in [3.63, 3.8) is 0 Å². The van der Waals surface area contributed by atoms with Gasteiger partial charge in [-0.25, -0.2) is 13.1 Å². The van der Waals surface area contributed by atoms with Gasteiger partial charge >= 0.3 is 5.97 Å². The van der Waals surface area contributed by atoms with E-state index in [1.165, 1.54) is 19.2 Å². The Labute approximate surface area is 132 Å². The van der Waals surface area contributed by atoms with Crippen molar-refractivity contribution in [2.45, 2.75) is 37.1 Å². The second kappa shape index (κ2) is 7.77. The van der Waals surface area contributed by atoms with Crippen LogP contribution in [0.3, 0.4) is 0 Å². The number of hydrogen-bond donors (Lipinski definition) is 2. The molecule has 118 valence electrons. The molecule has 0 aliphatic rings. The molecule has 0 fully saturated rings. The number of benzene rings is 1. The number of hydrogen-bond acceptors (Lipinski definition) is 4. The Morgan fingerprint density at radius 1 is 1.48 bits per heavy atom. The highest BCUT2D eigenvalue weighted by atomic mass is 79.9. The van der Waals surface area contributed by atoms with Crippen molar-refractivity contribution >= 4 is 31.9 Å². The molecule has 1 rings (SSSR count). The van der Waals surface area contributed by atoms with Gasteiger partial charge < -0.3 is 9.84 Å². The van der Waals surface area contributed by atoms with Crippen LogP contribution in [0.25, 0.3) is 0 Å². The van der Waals surface area contributed by atoms with Crippen LogP contribution < -0.4 is 9.46 Å². The molecule has 6 nitrogen and oxygen atoms in total. The van der Waals surface area contributed by atoms with Crippen LogP contribution >= 0.6 is 15.9 Å². The monoisotopic (exact) mass is 379 g/mol. The average molecular weight is 380 g/mol. The minimum absolute atomic E-state index is 0.0223. The van der Waals surface area contributed by atoms with Gasteiger partial charge in [0.25, 0.3) is 0 Å². The van der Waals surface area contributed by atoms with E-state index in [9.17, 15) is 13.2 Å². The normalized spacial score (nSPS) is 12.9. The number of halogens is 1. The third-order valence-corrected chi connectivity index (χ3v) is 4.83. The minimum atomic E-state index is -3.86. The Kier molecular flexibility index (Phi) is 6.63. The molecule has 1 aromatic rings. The van der Waals surface area contributed by atoms with Gasteiger partial charge in [0.05, 0.1) is 13.5 Å². The largest absolute Gasteiger partial charge is 0.495 e. The molecule has 0 bridgehead atoms. The topological polar surface area (TPSA) is 92.7 Å². The average Bonchev–Trinajstić information content (AvgIpc) is 2.37. The van der Waals surface area contributed by atoms with Crippen LogP contribution in [0.4, 0.5) is 0 Å². The lowest BCUT2D eigenvalue weighted by molar-refractivity contribution is -0.137. The zero-order valence-corrected chi connectivity index (χ0v) is 14.2. The van der Waals surface area contributed by atoms with Crippen LogP contribution in [0, 0.1) is 0 Å². The molecule has 1 atom stereocenters. The smallest absolute Gasteiger partial charge is 0.304 e. The van der Waals surface area contributed by atoms with E-state index in [2.05, 4.69) is 20.7 Å². The SMILES string of the molecule is CCCC(CC(=O)O)NS(=O)(=O)c1cc(Br)ccc1OC. The molecule has 1 unspecified atom stereocenters. The third kappa shape index (κ3) is 5.29. The van der Waals surface area contributed by atoms with Gasteiger partial charge in [0.2, 0.25) is 10.0 Å². The van der Waals surface area contributed by atoms with Crippen molar-refractivity contribution in [3.8, 4) is 5.75 Å². The first-order chi connectivity index (χ1) is 9.80. The lowest BCUT2D eigenvalue weighted by Crippen LogP contribution is -2.36. The van der Waals surface area contributed by atoms with E-state index in [1.807, 2.05) is 6.92 Å². The first-order valence-corrected chi connectivity index (χ1v) is 8.65. The van der Waals surface area contributed by atoms with Crippen LogP contribution in [0.1, 0.15) is 26.2 Å². The number of aliphatic carboxylic acids is 1. The summed E-state index contributed by atoms with van der Waals surface area (Å²) in [6.07, 6.45) is 0.862. The molecule has 0 saturated heterocycles. The summed E-state index contributed by atoms with van der Waals surface area (Å²) < 4.78 is 32.9. The summed E-state index contributed by atoms with van der Waals surface area (Å²) in [6.45, 7) is 1.86. The second-order valence-electron chi connectivity index (χ2n) is 4.50. The molecule has 0 aromatic heterocycles. The summed E-state index contributed by atoms with van der Waals surface area (Å²) in [5.74, 6) is -0.839. The van der Waals surface area contributed by atoms with E-state index in [-0.39, 0.29) is 17.1 Å². The van der Waals surface area contributed by atoms with Crippen molar-refractivity contribution in [1.29, 1.82) is 0 Å². The van der Waals surface area contributed by atoms with Gasteiger partial charge in [-0.3, -0.25) is 4.79 Å². The van der Waals surface area contributed by atoms with Crippen LogP contribution in [0.5, 0.6) is 5.75 Å². The Hall–Kier alpha value is -1.12. The van der Waals surface area contributed by atoms with Crippen LogP contribution in [0.2, 0.25) is 0 Å². The van der Waals surface area contributed by atoms with Gasteiger partial charge in [0.1, 0.15) is 10.6 Å². The van der Waals surface area contributed by atoms with Crippen molar-refractivity contribution in [2.24, 2.45) is 0 Å². The Morgan fingerprint density at radius 2 is 2.14 bits per heavy atom. The van der Waals surface area contributed by atoms with Gasteiger partial charge in [-0.05, 0) is 24.6 Å². The quantitative estimate of drug-likeness (QED) is 0.723. The molecular formula is C13H18BrNO5S. The lowest BCUT2D eigenvalue weighted by atomic mass is 10.1. The molecule has 21 heavy (non-hydrogen) atoms. The van der Waals surface area contributed by atoms with Crippen LogP contribution in [-0.2, 0) is 14.8 Å². The van der Waals surface area contributed by atoms with Crippen molar-refractivity contribution < 1.29 is 23.1 Å². The summed E-state index contributed by atoms with van der Waals surface area (Å²) in [4.78, 5) is 10.8. The highest BCUT2D eigenvalue weighted by Crippen LogP contribution is 2.27. The predicted molar refractivity (Wildman–Crippen MR) is 82.0 cm³/mol. The number of carbonyl (C=O) groups is 1. The minimum Gasteiger partial charge on any atom is -0.495 e. The Morgan fingerprint density at radius 3 is 2.67 bits per heavy atom. The third-order valence-electron chi connectivity index (χ3n) is 2.80. The number of sulfonamides is 1. The molecule has 0 spiro atoms. The van der Waals surface area contributed by atoms with E-state index >= 15 is 0 Å². The van der Waals surface area contributed by atoms with E-state index in [0.29, 0.717) is 17.3 Å². The molecule has 8 heteroatoms. The second-order valence-corrected chi connectivity index (χ2v) is 7.10. The summed E-state index contributed by atoms with van der Waals surface area (Å²) in [5.41, 5.74) is 0. The highest BCUT2D eigenvalue weighted by molar-refractivity contribution is 9.10. The molecule has 0 saturated carbocycles. The number of nitrogens with one attached hydrogen (secondary N) is 1. The Bertz CT molecular complexity index is 603. The number of carboxylic acids is 1. The van der Waals surface area contributed by atoms with E-state index in [4.69, 9.17) is 9.84 Å². The maximum atomic E-state index is 12.4. The highest BCUT2D eigenvalue weighted by Gasteiger charge is 2.24. The molecule has 0 amide bonds. The standard InChI is InChI=1S/C13H18BrNO5S/c1-3-4-10(8-13(16)17)15-21(18,19)12-7-9(14)5-6-11(12)20-2/h5-7,10,15H,3-4,8H2,1-2H3,(H,16,17). The molecular weight excluding hydrogens is 362 g/mol. The van der Waals surface area contributed by atoms with Crippen molar-refractivity contribution in [1.82, 2.24) is 4.72 Å². The summed E-state index contributed by atoms with van der Waals surface area (Å²) in [7, 11) is -2.48. The summed E-state index contributed by atoms with van der Waals surface area (Å²) >= 11 is 3.21. The van der Waals surface area contributed by atoms with Gasteiger partial charge in [0, 0.05) is 10.5 Å². The Balaban J connectivity index is 3.09. The summed E-state index contributed by atoms with van der Waals surface area (Å²) in [6, 6.07) is 3.97. The zero-order chi connectivity index (χ0) is 16.0. The van der Waals surface area contributed by atoms with Crippen LogP contribution in [0.15, 0.2) is 27.6 Å². The van der Waals surface area contributed by atoms with Gasteiger partial charge in [-0.2, -0.15) is 0 Å². The maximum absolute atomic E-state index is 12.4. The number of carboxylic acid groups (broad SMARTS) is 1. The lowest BCUT2D eigenvalue weighted by Gasteiger charge is -2.17. The van der Waals surface area contributed by atoms with Crippen molar-refractivity contribution in [3.05, 3.63) is 22.7 Å².